The molecule has 2 aromatic rings. The lowest BCUT2D eigenvalue weighted by Gasteiger charge is -2.05. The Morgan fingerprint density at radius 2 is 1.95 bits per heavy atom. The average Bonchev–Trinajstić information content (AvgIpc) is 2.50. The largest absolute Gasteiger partial charge is 0.449 e. The Labute approximate surface area is 105 Å². The quantitative estimate of drug-likeness (QED) is 0.750. The number of aryl methyl sites for hydroxylation is 2. The van der Waals surface area contributed by atoms with Crippen LogP contribution in [-0.4, -0.2) is 10.4 Å². The SMILES string of the molecule is CC(=O)c1c(C)c2c(=O)oc(C(F)(F)F)cc2n1C. The van der Waals surface area contributed by atoms with Gasteiger partial charge in [0.2, 0.25) is 5.76 Å². The maximum absolute atomic E-state index is 12.6. The molecule has 0 amide bonds. The van der Waals surface area contributed by atoms with Crippen LogP contribution >= 0.6 is 0 Å². The topological polar surface area (TPSA) is 52.2 Å². The van der Waals surface area contributed by atoms with Crippen molar-refractivity contribution < 1.29 is 22.4 Å². The van der Waals surface area contributed by atoms with Gasteiger partial charge in [-0.05, 0) is 12.5 Å². The van der Waals surface area contributed by atoms with Crippen molar-refractivity contribution in [2.45, 2.75) is 20.0 Å². The number of carbonyl (C=O) groups is 1. The fourth-order valence-electron chi connectivity index (χ4n) is 2.22. The van der Waals surface area contributed by atoms with Crippen LogP contribution in [0.2, 0.25) is 0 Å². The van der Waals surface area contributed by atoms with E-state index in [1.807, 2.05) is 0 Å². The summed E-state index contributed by atoms with van der Waals surface area (Å²) >= 11 is 0. The van der Waals surface area contributed by atoms with E-state index in [4.69, 9.17) is 0 Å². The molecule has 102 valence electrons. The molecule has 2 rings (SSSR count). The van der Waals surface area contributed by atoms with Crippen molar-refractivity contribution in [3.05, 3.63) is 33.5 Å². The summed E-state index contributed by atoms with van der Waals surface area (Å²) in [6.07, 6.45) is -4.75. The molecule has 0 saturated carbocycles. The standard InChI is InChI=1S/C12H10F3NO3/c1-5-9-7(16(3)10(5)6(2)17)4-8(12(13,14)15)19-11(9)18/h4H,1-3H3. The normalized spacial score (nSPS) is 12.1. The maximum atomic E-state index is 12.6. The Bertz CT molecular complexity index is 737. The average molecular weight is 273 g/mol. The van der Waals surface area contributed by atoms with Gasteiger partial charge in [0, 0.05) is 20.0 Å². The van der Waals surface area contributed by atoms with Crippen LogP contribution in [0.3, 0.4) is 0 Å². The number of nitrogens with zero attached hydrogens (tertiary/aromatic N) is 1. The van der Waals surface area contributed by atoms with Crippen molar-refractivity contribution in [1.82, 2.24) is 4.57 Å². The van der Waals surface area contributed by atoms with Crippen molar-refractivity contribution >= 4 is 16.7 Å². The molecule has 0 atom stereocenters. The van der Waals surface area contributed by atoms with E-state index in [9.17, 15) is 22.8 Å². The van der Waals surface area contributed by atoms with E-state index < -0.39 is 17.6 Å². The molecular weight excluding hydrogens is 263 g/mol. The molecule has 0 spiro atoms. The van der Waals surface area contributed by atoms with Crippen molar-refractivity contribution in [2.75, 3.05) is 0 Å². The van der Waals surface area contributed by atoms with Gasteiger partial charge in [-0.15, -0.1) is 0 Å². The monoisotopic (exact) mass is 273 g/mol. The van der Waals surface area contributed by atoms with Crippen LogP contribution in [0.1, 0.15) is 28.7 Å². The summed E-state index contributed by atoms with van der Waals surface area (Å²) in [6.45, 7) is 2.79. The summed E-state index contributed by atoms with van der Waals surface area (Å²) < 4.78 is 43.3. The highest BCUT2D eigenvalue weighted by molar-refractivity contribution is 6.01. The Morgan fingerprint density at radius 1 is 1.37 bits per heavy atom. The minimum atomic E-state index is -4.75. The zero-order valence-electron chi connectivity index (χ0n) is 10.4. The Balaban J connectivity index is 2.95. The molecule has 0 aliphatic carbocycles. The number of Topliss-reactive ketones (excluding diaryl/α,β-unsaturated/α-hetero) is 1. The third kappa shape index (κ3) is 1.94. The van der Waals surface area contributed by atoms with E-state index in [1.54, 1.807) is 0 Å². The molecule has 0 fully saturated rings. The van der Waals surface area contributed by atoms with Gasteiger partial charge in [0.25, 0.3) is 0 Å². The number of halogens is 3. The fraction of sp³-hybridized carbons (Fsp3) is 0.333. The molecule has 0 bridgehead atoms. The van der Waals surface area contributed by atoms with E-state index in [0.29, 0.717) is 5.56 Å². The van der Waals surface area contributed by atoms with Crippen LogP contribution in [0.5, 0.6) is 0 Å². The van der Waals surface area contributed by atoms with Crippen LogP contribution in [0.4, 0.5) is 13.2 Å². The molecule has 0 saturated heterocycles. The summed E-state index contributed by atoms with van der Waals surface area (Å²) in [4.78, 5) is 23.1. The Morgan fingerprint density at radius 3 is 2.42 bits per heavy atom. The predicted octanol–water partition coefficient (Wildman–Crippen LogP) is 2.66. The number of fused-ring (bicyclic) bond motifs is 1. The van der Waals surface area contributed by atoms with Gasteiger partial charge in [0.15, 0.2) is 5.78 Å². The minimum Gasteiger partial charge on any atom is -0.418 e. The van der Waals surface area contributed by atoms with Crippen molar-refractivity contribution in [3.8, 4) is 0 Å². The van der Waals surface area contributed by atoms with Crippen molar-refractivity contribution in [2.24, 2.45) is 7.05 Å². The van der Waals surface area contributed by atoms with Gasteiger partial charge < -0.3 is 8.98 Å². The van der Waals surface area contributed by atoms with Crippen LogP contribution < -0.4 is 5.63 Å². The van der Waals surface area contributed by atoms with Gasteiger partial charge in [0.1, 0.15) is 0 Å². The van der Waals surface area contributed by atoms with Crippen molar-refractivity contribution in [3.63, 3.8) is 0 Å². The highest BCUT2D eigenvalue weighted by atomic mass is 19.4. The lowest BCUT2D eigenvalue weighted by atomic mass is 10.1. The third-order valence-electron chi connectivity index (χ3n) is 2.97. The molecule has 2 aromatic heterocycles. The number of ketones is 1. The van der Waals surface area contributed by atoms with Gasteiger partial charge in [-0.25, -0.2) is 4.79 Å². The van der Waals surface area contributed by atoms with E-state index >= 15 is 0 Å². The number of hydrogen-bond acceptors (Lipinski definition) is 3. The minimum absolute atomic E-state index is 0.000648. The second-order valence-corrected chi connectivity index (χ2v) is 4.24. The van der Waals surface area contributed by atoms with E-state index in [0.717, 1.165) is 6.07 Å². The molecule has 4 nitrogen and oxygen atoms in total. The van der Waals surface area contributed by atoms with Gasteiger partial charge in [-0.3, -0.25) is 4.79 Å². The second-order valence-electron chi connectivity index (χ2n) is 4.24. The van der Waals surface area contributed by atoms with E-state index in [-0.39, 0.29) is 22.4 Å². The number of hydrogen-bond donors (Lipinski definition) is 0. The summed E-state index contributed by atoms with van der Waals surface area (Å²) in [5.41, 5.74) is -0.536. The molecule has 0 aliphatic rings. The predicted molar refractivity (Wildman–Crippen MR) is 61.2 cm³/mol. The summed E-state index contributed by atoms with van der Waals surface area (Å²) in [5.74, 6) is -1.70. The summed E-state index contributed by atoms with van der Waals surface area (Å²) in [5, 5.41) is 0.000648. The number of aromatic nitrogens is 1. The van der Waals surface area contributed by atoms with Gasteiger partial charge >= 0.3 is 11.8 Å². The lowest BCUT2D eigenvalue weighted by Crippen LogP contribution is -2.11. The second kappa shape index (κ2) is 3.97. The Hall–Kier alpha value is -2.05. The zero-order chi connectivity index (χ0) is 14.5. The van der Waals surface area contributed by atoms with Crippen LogP contribution in [0.25, 0.3) is 10.9 Å². The van der Waals surface area contributed by atoms with Gasteiger partial charge in [-0.2, -0.15) is 13.2 Å². The summed E-state index contributed by atoms with van der Waals surface area (Å²) in [6, 6.07) is 0.732. The van der Waals surface area contributed by atoms with E-state index in [2.05, 4.69) is 4.42 Å². The third-order valence-corrected chi connectivity index (χ3v) is 2.97. The molecule has 7 heteroatoms. The first-order chi connectivity index (χ1) is 8.64. The van der Waals surface area contributed by atoms with E-state index in [1.165, 1.54) is 25.5 Å². The molecule has 19 heavy (non-hydrogen) atoms. The van der Waals surface area contributed by atoms with Crippen LogP contribution in [0, 0.1) is 6.92 Å². The number of rotatable bonds is 1. The smallest absolute Gasteiger partial charge is 0.418 e. The van der Waals surface area contributed by atoms with Gasteiger partial charge in [0.05, 0.1) is 16.6 Å². The first kappa shape index (κ1) is 13.4. The highest BCUT2D eigenvalue weighted by Gasteiger charge is 2.36. The fourth-order valence-corrected chi connectivity index (χ4v) is 2.22. The molecule has 0 unspecified atom stereocenters. The molecule has 2 heterocycles. The van der Waals surface area contributed by atoms with Crippen molar-refractivity contribution in [1.29, 1.82) is 0 Å². The number of carbonyl (C=O) groups excluding carboxylic acids is 1. The Kier molecular flexibility index (Phi) is 2.80. The van der Waals surface area contributed by atoms with Crippen LogP contribution in [0.15, 0.2) is 15.3 Å². The molecule has 0 N–H and O–H groups in total. The zero-order valence-corrected chi connectivity index (χ0v) is 10.4. The summed E-state index contributed by atoms with van der Waals surface area (Å²) in [7, 11) is 1.44. The first-order valence-corrected chi connectivity index (χ1v) is 5.36. The maximum Gasteiger partial charge on any atom is 0.449 e. The molecule has 0 aliphatic heterocycles. The molecular formula is C12H10F3NO3. The van der Waals surface area contributed by atoms with Crippen LogP contribution in [-0.2, 0) is 13.2 Å². The van der Waals surface area contributed by atoms with Gasteiger partial charge in [-0.1, -0.05) is 0 Å². The lowest BCUT2D eigenvalue weighted by molar-refractivity contribution is -0.154. The highest BCUT2D eigenvalue weighted by Crippen LogP contribution is 2.31. The molecule has 0 aromatic carbocycles. The first-order valence-electron chi connectivity index (χ1n) is 5.36. The molecule has 0 radical (unpaired) electrons. The number of alkyl halides is 3.